The zero-order valence-corrected chi connectivity index (χ0v) is 9.01. The first-order chi connectivity index (χ1) is 7.29. The minimum absolute atomic E-state index is 0.707. The summed E-state index contributed by atoms with van der Waals surface area (Å²) >= 11 is 5.88. The van der Waals surface area contributed by atoms with Gasteiger partial charge in [-0.3, -0.25) is 0 Å². The molecule has 0 unspecified atom stereocenters. The summed E-state index contributed by atoms with van der Waals surface area (Å²) in [7, 11) is 0. The zero-order valence-electron chi connectivity index (χ0n) is 8.26. The topological polar surface area (TPSA) is 40.7 Å². The Hall–Kier alpha value is -1.32. The number of nitrogens with one attached hydrogen (secondary N) is 2. The molecule has 0 spiro atoms. The van der Waals surface area contributed by atoms with E-state index in [0.717, 1.165) is 28.4 Å². The molecule has 0 saturated carbocycles. The van der Waals surface area contributed by atoms with Crippen molar-refractivity contribution in [1.29, 1.82) is 0 Å². The van der Waals surface area contributed by atoms with Gasteiger partial charge in [0.25, 0.3) is 0 Å². The van der Waals surface area contributed by atoms with Crippen molar-refractivity contribution in [2.24, 2.45) is 0 Å². The predicted octanol–water partition coefficient (Wildman–Crippen LogP) is 2.49. The minimum atomic E-state index is 0.707. The van der Waals surface area contributed by atoms with Crippen LogP contribution in [0.3, 0.4) is 0 Å². The number of aromatic amines is 1. The molecule has 0 aliphatic rings. The number of H-pyrrole nitrogens is 1. The fourth-order valence-electron chi connectivity index (χ4n) is 1.41. The van der Waals surface area contributed by atoms with Gasteiger partial charge in [0.1, 0.15) is 5.82 Å². The average molecular weight is 222 g/mol. The third-order valence-electron chi connectivity index (χ3n) is 2.07. The van der Waals surface area contributed by atoms with Gasteiger partial charge in [0.2, 0.25) is 0 Å². The average Bonchev–Trinajstić information content (AvgIpc) is 2.60. The number of hydrogen-bond donors (Lipinski definition) is 2. The largest absolute Gasteiger partial charge is 0.341 e. The fourth-order valence-corrected chi connectivity index (χ4v) is 1.58. The Balaban J connectivity index is 2.19. The highest BCUT2D eigenvalue weighted by molar-refractivity contribution is 6.31. The Morgan fingerprint density at radius 1 is 1.53 bits per heavy atom. The van der Waals surface area contributed by atoms with E-state index in [4.69, 9.17) is 11.6 Å². The number of benzene rings is 1. The lowest BCUT2D eigenvalue weighted by atomic mass is 10.3. The van der Waals surface area contributed by atoms with Crippen LogP contribution in [0.4, 0.5) is 0 Å². The monoisotopic (exact) mass is 221 g/mol. The summed E-state index contributed by atoms with van der Waals surface area (Å²) in [4.78, 5) is 7.62. The van der Waals surface area contributed by atoms with Crippen LogP contribution in [0, 0.1) is 0 Å². The Bertz CT molecular complexity index is 476. The summed E-state index contributed by atoms with van der Waals surface area (Å²) in [6, 6.07) is 5.62. The molecule has 2 rings (SSSR count). The highest BCUT2D eigenvalue weighted by atomic mass is 35.5. The zero-order chi connectivity index (χ0) is 10.7. The van der Waals surface area contributed by atoms with Gasteiger partial charge in [-0.05, 0) is 18.2 Å². The predicted molar refractivity (Wildman–Crippen MR) is 63.0 cm³/mol. The molecule has 1 aromatic carbocycles. The summed E-state index contributed by atoms with van der Waals surface area (Å²) in [5.74, 6) is 0.911. The second-order valence-corrected chi connectivity index (χ2v) is 3.70. The number of aromatic nitrogens is 2. The highest BCUT2D eigenvalue weighted by Crippen LogP contribution is 2.16. The van der Waals surface area contributed by atoms with Gasteiger partial charge in [0.15, 0.2) is 0 Å². The van der Waals surface area contributed by atoms with Crippen LogP contribution in [-0.4, -0.2) is 16.5 Å². The smallest absolute Gasteiger partial charge is 0.121 e. The van der Waals surface area contributed by atoms with Crippen molar-refractivity contribution in [3.63, 3.8) is 0 Å². The molecule has 0 bridgehead atoms. The standard InChI is InChI=1S/C11H12ClN3/c1-2-5-13-7-11-14-9-4-3-8(12)6-10(9)15-11/h2-4,6,13H,1,5,7H2,(H,14,15). The molecular weight excluding hydrogens is 210 g/mol. The third kappa shape index (κ3) is 2.37. The van der Waals surface area contributed by atoms with Crippen LogP contribution in [0.2, 0.25) is 5.02 Å². The van der Waals surface area contributed by atoms with Gasteiger partial charge in [-0.25, -0.2) is 4.98 Å². The SMILES string of the molecule is C=CCNCc1nc2ccc(Cl)cc2[nH]1. The van der Waals surface area contributed by atoms with Crippen LogP contribution in [0.5, 0.6) is 0 Å². The molecular formula is C11H12ClN3. The normalized spacial score (nSPS) is 10.7. The van der Waals surface area contributed by atoms with Crippen LogP contribution >= 0.6 is 11.6 Å². The molecule has 0 aliphatic heterocycles. The van der Waals surface area contributed by atoms with Crippen molar-refractivity contribution in [2.45, 2.75) is 6.54 Å². The van der Waals surface area contributed by atoms with E-state index in [2.05, 4.69) is 21.9 Å². The molecule has 3 nitrogen and oxygen atoms in total. The lowest BCUT2D eigenvalue weighted by Gasteiger charge is -1.95. The van der Waals surface area contributed by atoms with E-state index in [1.54, 1.807) is 0 Å². The lowest BCUT2D eigenvalue weighted by molar-refractivity contribution is 0.728. The first-order valence-electron chi connectivity index (χ1n) is 4.75. The van der Waals surface area contributed by atoms with E-state index >= 15 is 0 Å². The van der Waals surface area contributed by atoms with E-state index in [-0.39, 0.29) is 0 Å². The summed E-state index contributed by atoms with van der Waals surface area (Å²) in [5.41, 5.74) is 1.91. The number of fused-ring (bicyclic) bond motifs is 1. The Morgan fingerprint density at radius 3 is 3.20 bits per heavy atom. The Labute approximate surface area is 93.2 Å². The third-order valence-corrected chi connectivity index (χ3v) is 2.31. The van der Waals surface area contributed by atoms with Crippen molar-refractivity contribution in [3.8, 4) is 0 Å². The maximum absolute atomic E-state index is 5.88. The lowest BCUT2D eigenvalue weighted by Crippen LogP contribution is -2.13. The number of hydrogen-bond acceptors (Lipinski definition) is 2. The molecule has 0 radical (unpaired) electrons. The molecule has 0 fully saturated rings. The van der Waals surface area contributed by atoms with Gasteiger partial charge in [0, 0.05) is 11.6 Å². The van der Waals surface area contributed by atoms with Gasteiger partial charge < -0.3 is 10.3 Å². The first kappa shape index (κ1) is 10.2. The van der Waals surface area contributed by atoms with Crippen molar-refractivity contribution in [2.75, 3.05) is 6.54 Å². The molecule has 1 aromatic heterocycles. The molecule has 15 heavy (non-hydrogen) atoms. The number of halogens is 1. The summed E-state index contributed by atoms with van der Waals surface area (Å²) in [5, 5.41) is 3.90. The second-order valence-electron chi connectivity index (χ2n) is 3.26. The van der Waals surface area contributed by atoms with Crippen molar-refractivity contribution in [1.82, 2.24) is 15.3 Å². The molecule has 0 amide bonds. The highest BCUT2D eigenvalue weighted by Gasteiger charge is 2.01. The van der Waals surface area contributed by atoms with Crippen molar-refractivity contribution in [3.05, 3.63) is 41.7 Å². The van der Waals surface area contributed by atoms with Crippen LogP contribution in [0.15, 0.2) is 30.9 Å². The second kappa shape index (κ2) is 4.47. The fraction of sp³-hybridized carbons (Fsp3) is 0.182. The molecule has 0 aliphatic carbocycles. The maximum Gasteiger partial charge on any atom is 0.121 e. The first-order valence-corrected chi connectivity index (χ1v) is 5.13. The van der Waals surface area contributed by atoms with E-state index in [9.17, 15) is 0 Å². The molecule has 0 atom stereocenters. The quantitative estimate of drug-likeness (QED) is 0.615. The van der Waals surface area contributed by atoms with Crippen molar-refractivity contribution >= 4 is 22.6 Å². The van der Waals surface area contributed by atoms with Gasteiger partial charge >= 0.3 is 0 Å². The summed E-state index contributed by atoms with van der Waals surface area (Å²) in [6.07, 6.45) is 1.82. The van der Waals surface area contributed by atoms with Gasteiger partial charge in [-0.15, -0.1) is 6.58 Å². The van der Waals surface area contributed by atoms with Crippen molar-refractivity contribution < 1.29 is 0 Å². The summed E-state index contributed by atoms with van der Waals surface area (Å²) in [6.45, 7) is 5.12. The summed E-state index contributed by atoms with van der Waals surface area (Å²) < 4.78 is 0. The molecule has 0 saturated heterocycles. The van der Waals surface area contributed by atoms with E-state index in [1.807, 2.05) is 24.3 Å². The van der Waals surface area contributed by atoms with E-state index in [0.29, 0.717) is 6.54 Å². The van der Waals surface area contributed by atoms with Gasteiger partial charge in [-0.1, -0.05) is 17.7 Å². The number of nitrogens with zero attached hydrogens (tertiary/aromatic N) is 1. The van der Waals surface area contributed by atoms with Crippen LogP contribution < -0.4 is 5.32 Å². The van der Waals surface area contributed by atoms with Crippen LogP contribution in [0.1, 0.15) is 5.82 Å². The molecule has 2 aromatic rings. The molecule has 78 valence electrons. The van der Waals surface area contributed by atoms with E-state index in [1.165, 1.54) is 0 Å². The van der Waals surface area contributed by atoms with Gasteiger partial charge in [-0.2, -0.15) is 0 Å². The number of imidazole rings is 1. The minimum Gasteiger partial charge on any atom is -0.341 e. The van der Waals surface area contributed by atoms with E-state index < -0.39 is 0 Å². The van der Waals surface area contributed by atoms with Crippen LogP contribution in [0.25, 0.3) is 11.0 Å². The Kier molecular flexibility index (Phi) is 3.04. The van der Waals surface area contributed by atoms with Gasteiger partial charge in [0.05, 0.1) is 17.6 Å². The van der Waals surface area contributed by atoms with Crippen LogP contribution in [-0.2, 0) is 6.54 Å². The molecule has 1 heterocycles. The number of rotatable bonds is 4. The molecule has 2 N–H and O–H groups in total. The Morgan fingerprint density at radius 2 is 2.40 bits per heavy atom. The molecule has 4 heteroatoms. The maximum atomic E-state index is 5.88.